The minimum absolute atomic E-state index is 0.349. The van der Waals surface area contributed by atoms with Crippen LogP contribution in [0.4, 0.5) is 8.78 Å². The van der Waals surface area contributed by atoms with Crippen molar-refractivity contribution in [2.75, 3.05) is 12.9 Å². The van der Waals surface area contributed by atoms with Crippen LogP contribution in [-0.4, -0.2) is 24.6 Å². The summed E-state index contributed by atoms with van der Waals surface area (Å²) in [6.07, 6.45) is 5.52. The second-order valence-electron chi connectivity index (χ2n) is 7.67. The van der Waals surface area contributed by atoms with E-state index in [0.29, 0.717) is 18.4 Å². The zero-order valence-electron chi connectivity index (χ0n) is 20.1. The van der Waals surface area contributed by atoms with Gasteiger partial charge in [0.05, 0.1) is 12.4 Å². The molecule has 3 atom stereocenters. The lowest BCUT2D eigenvalue weighted by molar-refractivity contribution is -0.0728. The highest BCUT2D eigenvalue weighted by Crippen LogP contribution is 2.46. The number of rotatable bonds is 7. The summed E-state index contributed by atoms with van der Waals surface area (Å²) >= 11 is 4.86. The molecule has 3 nitrogen and oxygen atoms in total. The van der Waals surface area contributed by atoms with Crippen molar-refractivity contribution in [2.45, 2.75) is 73.3 Å². The number of hydrogen-bond donors (Lipinski definition) is 2. The molecule has 0 saturated carbocycles. The predicted molar refractivity (Wildman–Crippen MR) is 135 cm³/mol. The van der Waals surface area contributed by atoms with Crippen LogP contribution in [-0.2, 0) is 11.2 Å². The zero-order chi connectivity index (χ0) is 24.6. The first-order valence-electron chi connectivity index (χ1n) is 10.9. The fourth-order valence-corrected chi connectivity index (χ4v) is 4.42. The molecule has 0 amide bonds. The monoisotopic (exact) mass is 525 g/mol. The molecule has 0 aliphatic heterocycles. The Hall–Kier alpha value is -0.630. The summed E-state index contributed by atoms with van der Waals surface area (Å²) in [4.78, 5) is 0. The fraction of sp³-hybridized carbons (Fsp3) is 0.667. The van der Waals surface area contributed by atoms with Crippen LogP contribution in [0.1, 0.15) is 71.4 Å². The summed E-state index contributed by atoms with van der Waals surface area (Å²) in [5, 5.41) is 11.5. The van der Waals surface area contributed by atoms with Crippen LogP contribution < -0.4 is 5.14 Å². The molecule has 1 aromatic carbocycles. The summed E-state index contributed by atoms with van der Waals surface area (Å²) in [5.74, 6) is 3.43. The second-order valence-corrected chi connectivity index (χ2v) is 9.06. The van der Waals surface area contributed by atoms with Crippen LogP contribution >= 0.6 is 27.9 Å². The molecule has 2 rings (SSSR count). The molecule has 1 unspecified atom stereocenters. The molecule has 31 heavy (non-hydrogen) atoms. The van der Waals surface area contributed by atoms with Crippen molar-refractivity contribution in [3.8, 4) is 0 Å². The van der Waals surface area contributed by atoms with Crippen molar-refractivity contribution in [1.29, 1.82) is 0 Å². The van der Waals surface area contributed by atoms with Gasteiger partial charge < -0.3 is 9.84 Å². The van der Waals surface area contributed by atoms with Gasteiger partial charge in [0.1, 0.15) is 0 Å². The molecule has 1 aliphatic carbocycles. The first-order chi connectivity index (χ1) is 14.6. The Morgan fingerprint density at radius 3 is 2.29 bits per heavy atom. The summed E-state index contributed by atoms with van der Waals surface area (Å²) in [7, 11) is 0. The fourth-order valence-electron chi connectivity index (χ4n) is 4.04. The van der Waals surface area contributed by atoms with Crippen molar-refractivity contribution >= 4 is 27.9 Å². The van der Waals surface area contributed by atoms with Crippen LogP contribution in [0.5, 0.6) is 0 Å². The molecule has 182 valence electrons. The van der Waals surface area contributed by atoms with Crippen LogP contribution in [0.25, 0.3) is 0 Å². The molecule has 0 spiro atoms. The van der Waals surface area contributed by atoms with Crippen molar-refractivity contribution in [3.63, 3.8) is 0 Å². The van der Waals surface area contributed by atoms with Crippen molar-refractivity contribution < 1.29 is 18.6 Å². The van der Waals surface area contributed by atoms with Crippen molar-refractivity contribution in [1.82, 2.24) is 0 Å². The highest BCUT2D eigenvalue weighted by atomic mass is 79.9. The van der Waals surface area contributed by atoms with Crippen LogP contribution in [0, 0.1) is 17.8 Å². The largest absolute Gasteiger partial charge is 0.498 e. The number of aliphatic hydroxyl groups is 1. The molecule has 0 bridgehead atoms. The van der Waals surface area contributed by atoms with E-state index in [9.17, 15) is 8.78 Å². The van der Waals surface area contributed by atoms with Gasteiger partial charge in [-0.1, -0.05) is 75.1 Å². The average molecular weight is 527 g/mol. The molecule has 1 aromatic rings. The lowest BCUT2D eigenvalue weighted by atomic mass is 9.82. The lowest BCUT2D eigenvalue weighted by Crippen LogP contribution is -2.16. The summed E-state index contributed by atoms with van der Waals surface area (Å²) in [6, 6.07) is 6.68. The van der Waals surface area contributed by atoms with E-state index >= 15 is 0 Å². The number of alkyl halides is 2. The van der Waals surface area contributed by atoms with E-state index in [1.54, 1.807) is 0 Å². The topological polar surface area (TPSA) is 55.5 Å². The van der Waals surface area contributed by atoms with Gasteiger partial charge in [-0.05, 0) is 73.5 Å². The third-order valence-corrected chi connectivity index (χ3v) is 5.15. The molecule has 0 saturated heterocycles. The van der Waals surface area contributed by atoms with Crippen LogP contribution in [0.15, 0.2) is 35.0 Å². The Morgan fingerprint density at radius 2 is 1.84 bits per heavy atom. The third-order valence-electron chi connectivity index (χ3n) is 4.65. The maximum absolute atomic E-state index is 9.89. The van der Waals surface area contributed by atoms with E-state index in [0.717, 1.165) is 28.5 Å². The van der Waals surface area contributed by atoms with Gasteiger partial charge in [0, 0.05) is 10.4 Å². The molecule has 3 N–H and O–H groups in total. The number of aliphatic hydroxyl groups excluding tert-OH is 1. The molecular weight excluding hydrogens is 484 g/mol. The summed E-state index contributed by atoms with van der Waals surface area (Å²) in [5.41, 5.74) is 2.88. The highest BCUT2D eigenvalue weighted by molar-refractivity contribution is 9.10. The van der Waals surface area contributed by atoms with Gasteiger partial charge in [-0.3, -0.25) is 5.14 Å². The summed E-state index contributed by atoms with van der Waals surface area (Å²) in [6.45, 7) is 14.8. The molecule has 0 radical (unpaired) electrons. The normalized spacial score (nSPS) is 17.4. The standard InChI is InChI=1S/C20H29BrO.C2H6.CH2F2O.CH5NS/c1-6-22-15(5)20-17(10-14(4)9-13(2)3)11-16-7-8-18(21)12-19(16)20;1-2;2-1(3)4;1-3-2/h7-8,12-14,17,20H,5-6,9-11H2,1-4H3;1-2H3;1,4H;2H2,1H3/t14?,17-,20-;;;/m0.../s1. The van der Waals surface area contributed by atoms with E-state index in [4.69, 9.17) is 15.0 Å². The minimum Gasteiger partial charge on any atom is -0.498 e. The Labute approximate surface area is 201 Å². The maximum atomic E-state index is 9.89. The molecular formula is C24H42BrF2NO2S. The number of allylic oxidation sites excluding steroid dienone is 1. The van der Waals surface area contributed by atoms with E-state index < -0.39 is 6.61 Å². The molecule has 7 heteroatoms. The first kappa shape index (κ1) is 32.5. The van der Waals surface area contributed by atoms with E-state index in [1.807, 2.05) is 27.0 Å². The highest BCUT2D eigenvalue weighted by Gasteiger charge is 2.36. The Morgan fingerprint density at radius 1 is 1.32 bits per heavy atom. The predicted octanol–water partition coefficient (Wildman–Crippen LogP) is 7.78. The number of ether oxygens (including phenoxy) is 1. The number of hydrogen-bond acceptors (Lipinski definition) is 4. The number of fused-ring (bicyclic) bond motifs is 1. The molecule has 0 aromatic heterocycles. The van der Waals surface area contributed by atoms with Gasteiger partial charge >= 0.3 is 6.61 Å². The lowest BCUT2D eigenvalue weighted by Gasteiger charge is -2.26. The molecule has 1 aliphatic rings. The first-order valence-corrected chi connectivity index (χ1v) is 12.9. The second kappa shape index (κ2) is 18.9. The number of nitrogens with two attached hydrogens (primary N) is 1. The average Bonchev–Trinajstić information content (AvgIpc) is 3.00. The van der Waals surface area contributed by atoms with E-state index in [2.05, 4.69) is 61.5 Å². The SMILES string of the molecule is C=C(OCC)[C@@H]1c2cc(Br)ccc2C[C@@H]1CC(C)CC(C)C.CC.CSN.OC(F)F. The molecule has 0 heterocycles. The van der Waals surface area contributed by atoms with Gasteiger partial charge in [0.25, 0.3) is 0 Å². The van der Waals surface area contributed by atoms with Gasteiger partial charge in [-0.25, -0.2) is 0 Å². The van der Waals surface area contributed by atoms with Gasteiger partial charge in [0.2, 0.25) is 0 Å². The summed E-state index contributed by atoms with van der Waals surface area (Å²) < 4.78 is 26.7. The number of halogens is 3. The Balaban J connectivity index is 0. The van der Waals surface area contributed by atoms with E-state index in [-0.39, 0.29) is 0 Å². The maximum Gasteiger partial charge on any atom is 0.342 e. The van der Waals surface area contributed by atoms with E-state index in [1.165, 1.54) is 35.9 Å². The Bertz CT molecular complexity index is 600. The van der Waals surface area contributed by atoms with Gasteiger partial charge in [0.15, 0.2) is 0 Å². The van der Waals surface area contributed by atoms with Crippen LogP contribution in [0.3, 0.4) is 0 Å². The Kier molecular flexibility index (Phi) is 19.8. The smallest absolute Gasteiger partial charge is 0.342 e. The number of benzene rings is 1. The van der Waals surface area contributed by atoms with Gasteiger partial charge in [-0.15, -0.1) is 0 Å². The molecule has 0 fully saturated rings. The van der Waals surface area contributed by atoms with Crippen molar-refractivity contribution in [3.05, 3.63) is 46.1 Å². The van der Waals surface area contributed by atoms with Crippen molar-refractivity contribution in [2.24, 2.45) is 22.9 Å². The third kappa shape index (κ3) is 14.2. The zero-order valence-corrected chi connectivity index (χ0v) is 22.5. The van der Waals surface area contributed by atoms with Crippen LogP contribution in [0.2, 0.25) is 0 Å². The quantitative estimate of drug-likeness (QED) is 0.281. The minimum atomic E-state index is -3.17. The van der Waals surface area contributed by atoms with Gasteiger partial charge in [-0.2, -0.15) is 8.78 Å².